The zero-order chi connectivity index (χ0) is 13.5. The molecule has 0 aliphatic carbocycles. The number of nitrogen functional groups attached to an aromatic ring is 1. The Morgan fingerprint density at radius 1 is 1.15 bits per heavy atom. The number of hydrogen-bond acceptors (Lipinski definition) is 4. The number of piperazine rings is 1. The lowest BCUT2D eigenvalue weighted by atomic mass is 10.1. The summed E-state index contributed by atoms with van der Waals surface area (Å²) in [5.74, 6) is 0. The molecular formula is C16H20N4. The molecule has 1 aromatic carbocycles. The third-order valence-corrected chi connectivity index (χ3v) is 4.77. The van der Waals surface area contributed by atoms with Crippen molar-refractivity contribution < 1.29 is 0 Å². The highest BCUT2D eigenvalue weighted by Crippen LogP contribution is 2.33. The van der Waals surface area contributed by atoms with Gasteiger partial charge in [0.2, 0.25) is 0 Å². The number of hydrogen-bond donors (Lipinski definition) is 1. The number of aromatic nitrogens is 1. The van der Waals surface area contributed by atoms with E-state index < -0.39 is 0 Å². The van der Waals surface area contributed by atoms with Crippen molar-refractivity contribution in [3.63, 3.8) is 0 Å². The van der Waals surface area contributed by atoms with Gasteiger partial charge >= 0.3 is 0 Å². The summed E-state index contributed by atoms with van der Waals surface area (Å²) in [5, 5.41) is 2.24. The second-order valence-corrected chi connectivity index (χ2v) is 5.87. The summed E-state index contributed by atoms with van der Waals surface area (Å²) in [4.78, 5) is 9.25. The highest BCUT2D eigenvalue weighted by Gasteiger charge is 2.31. The predicted molar refractivity (Wildman–Crippen MR) is 83.0 cm³/mol. The maximum Gasteiger partial charge on any atom is 0.0632 e. The van der Waals surface area contributed by atoms with Gasteiger partial charge in [0, 0.05) is 48.8 Å². The molecule has 1 unspecified atom stereocenters. The van der Waals surface area contributed by atoms with Crippen LogP contribution in [0.3, 0.4) is 0 Å². The van der Waals surface area contributed by atoms with E-state index in [2.05, 4.69) is 26.9 Å². The van der Waals surface area contributed by atoms with Crippen molar-refractivity contribution in [3.05, 3.63) is 30.6 Å². The fourth-order valence-electron chi connectivity index (χ4n) is 3.67. The van der Waals surface area contributed by atoms with Crippen molar-refractivity contribution in [1.29, 1.82) is 0 Å². The highest BCUT2D eigenvalue weighted by atomic mass is 15.3. The third-order valence-electron chi connectivity index (χ3n) is 4.77. The van der Waals surface area contributed by atoms with Gasteiger partial charge in [-0.25, -0.2) is 0 Å². The summed E-state index contributed by atoms with van der Waals surface area (Å²) >= 11 is 0. The first kappa shape index (κ1) is 12.0. The summed E-state index contributed by atoms with van der Waals surface area (Å²) in [6.45, 7) is 4.63. The molecule has 3 heterocycles. The molecule has 1 aromatic heterocycles. The van der Waals surface area contributed by atoms with Gasteiger partial charge in [0.05, 0.1) is 11.4 Å². The minimum Gasteiger partial charge on any atom is -0.397 e. The number of rotatable bonds is 1. The molecule has 0 radical (unpaired) electrons. The molecule has 1 atom stereocenters. The van der Waals surface area contributed by atoms with E-state index in [9.17, 15) is 0 Å². The molecule has 2 saturated heterocycles. The van der Waals surface area contributed by atoms with Crippen LogP contribution >= 0.6 is 0 Å². The fraction of sp³-hybridized carbons (Fsp3) is 0.438. The van der Waals surface area contributed by atoms with Crippen molar-refractivity contribution in [1.82, 2.24) is 9.88 Å². The summed E-state index contributed by atoms with van der Waals surface area (Å²) in [6.07, 6.45) is 6.37. The van der Waals surface area contributed by atoms with Crippen LogP contribution in [0.2, 0.25) is 0 Å². The summed E-state index contributed by atoms with van der Waals surface area (Å²) < 4.78 is 0. The van der Waals surface area contributed by atoms with E-state index in [1.807, 2.05) is 18.5 Å². The zero-order valence-corrected chi connectivity index (χ0v) is 11.6. The summed E-state index contributed by atoms with van der Waals surface area (Å²) in [6, 6.07) is 7.02. The first-order valence-electron chi connectivity index (χ1n) is 7.44. The number of pyridine rings is 1. The Hall–Kier alpha value is -1.81. The second kappa shape index (κ2) is 4.63. The monoisotopic (exact) mass is 268 g/mol. The topological polar surface area (TPSA) is 45.4 Å². The van der Waals surface area contributed by atoms with Crippen LogP contribution in [0.1, 0.15) is 12.8 Å². The minimum atomic E-state index is 0.719. The quantitative estimate of drug-likeness (QED) is 0.805. The minimum absolute atomic E-state index is 0.719. The van der Waals surface area contributed by atoms with Crippen LogP contribution in [0.15, 0.2) is 30.6 Å². The Kier molecular flexibility index (Phi) is 2.77. The molecular weight excluding hydrogens is 248 g/mol. The molecule has 4 heteroatoms. The standard InChI is InChI=1S/C16H20N4/c17-16-14-5-6-18-10-12(14)3-4-15(16)20-9-8-19-7-1-2-13(19)11-20/h3-6,10,13H,1-2,7-9,11,17H2. The molecule has 104 valence electrons. The molecule has 0 amide bonds. The van der Waals surface area contributed by atoms with Crippen LogP contribution in [-0.2, 0) is 0 Å². The molecule has 0 saturated carbocycles. The average Bonchev–Trinajstić information content (AvgIpc) is 2.95. The highest BCUT2D eigenvalue weighted by molar-refractivity contribution is 5.98. The van der Waals surface area contributed by atoms with Crippen LogP contribution in [-0.4, -0.2) is 42.1 Å². The van der Waals surface area contributed by atoms with Gasteiger partial charge in [-0.3, -0.25) is 9.88 Å². The molecule has 2 aromatic rings. The fourth-order valence-corrected chi connectivity index (χ4v) is 3.67. The maximum atomic E-state index is 6.40. The largest absolute Gasteiger partial charge is 0.397 e. The van der Waals surface area contributed by atoms with Crippen molar-refractivity contribution >= 4 is 22.1 Å². The summed E-state index contributed by atoms with van der Waals surface area (Å²) in [7, 11) is 0. The number of nitrogens with zero attached hydrogens (tertiary/aromatic N) is 3. The Morgan fingerprint density at radius 3 is 3.05 bits per heavy atom. The van der Waals surface area contributed by atoms with E-state index >= 15 is 0 Å². The van der Waals surface area contributed by atoms with Crippen molar-refractivity contribution in [2.45, 2.75) is 18.9 Å². The smallest absolute Gasteiger partial charge is 0.0632 e. The molecule has 4 nitrogen and oxygen atoms in total. The van der Waals surface area contributed by atoms with Crippen LogP contribution in [0.25, 0.3) is 10.8 Å². The van der Waals surface area contributed by atoms with Gasteiger partial charge < -0.3 is 10.6 Å². The molecule has 0 spiro atoms. The Bertz CT molecular complexity index is 639. The van der Waals surface area contributed by atoms with Crippen molar-refractivity contribution in [3.8, 4) is 0 Å². The van der Waals surface area contributed by atoms with E-state index in [1.54, 1.807) is 0 Å². The van der Waals surface area contributed by atoms with E-state index in [-0.39, 0.29) is 0 Å². The average molecular weight is 268 g/mol. The van der Waals surface area contributed by atoms with Crippen molar-refractivity contribution in [2.24, 2.45) is 0 Å². The normalized spacial score (nSPS) is 23.2. The van der Waals surface area contributed by atoms with Gasteiger partial charge in [-0.2, -0.15) is 0 Å². The molecule has 4 rings (SSSR count). The van der Waals surface area contributed by atoms with Crippen LogP contribution in [0, 0.1) is 0 Å². The number of nitrogens with two attached hydrogens (primary N) is 1. The number of benzene rings is 1. The van der Waals surface area contributed by atoms with Crippen LogP contribution < -0.4 is 10.6 Å². The zero-order valence-electron chi connectivity index (χ0n) is 11.6. The molecule has 0 bridgehead atoms. The first-order valence-corrected chi connectivity index (χ1v) is 7.44. The van der Waals surface area contributed by atoms with Crippen LogP contribution in [0.4, 0.5) is 11.4 Å². The van der Waals surface area contributed by atoms with E-state index in [4.69, 9.17) is 5.73 Å². The van der Waals surface area contributed by atoms with Gasteiger partial charge in [0.25, 0.3) is 0 Å². The second-order valence-electron chi connectivity index (χ2n) is 5.87. The number of anilines is 2. The van der Waals surface area contributed by atoms with Gasteiger partial charge in [0.15, 0.2) is 0 Å². The third kappa shape index (κ3) is 1.83. The molecule has 2 N–H and O–H groups in total. The van der Waals surface area contributed by atoms with Crippen LogP contribution in [0.5, 0.6) is 0 Å². The van der Waals surface area contributed by atoms with E-state index in [1.165, 1.54) is 31.6 Å². The lowest BCUT2D eigenvalue weighted by molar-refractivity contribution is 0.231. The van der Waals surface area contributed by atoms with E-state index in [0.29, 0.717) is 0 Å². The SMILES string of the molecule is Nc1c(N2CCN3CCCC3C2)ccc2cnccc12. The van der Waals surface area contributed by atoms with E-state index in [0.717, 1.165) is 35.6 Å². The van der Waals surface area contributed by atoms with Crippen molar-refractivity contribution in [2.75, 3.05) is 36.8 Å². The molecule has 2 aliphatic rings. The molecule has 2 aliphatic heterocycles. The summed E-state index contributed by atoms with van der Waals surface area (Å²) in [5.41, 5.74) is 8.49. The lowest BCUT2D eigenvalue weighted by Crippen LogP contribution is -2.50. The maximum absolute atomic E-state index is 6.40. The molecule has 2 fully saturated rings. The predicted octanol–water partition coefficient (Wildman–Crippen LogP) is 2.10. The Balaban J connectivity index is 1.70. The first-order chi connectivity index (χ1) is 9.83. The Morgan fingerprint density at radius 2 is 2.10 bits per heavy atom. The van der Waals surface area contributed by atoms with Gasteiger partial charge in [-0.05, 0) is 31.5 Å². The lowest BCUT2D eigenvalue weighted by Gasteiger charge is -2.39. The Labute approximate surface area is 119 Å². The number of fused-ring (bicyclic) bond motifs is 2. The van der Waals surface area contributed by atoms with Gasteiger partial charge in [0.1, 0.15) is 0 Å². The van der Waals surface area contributed by atoms with Gasteiger partial charge in [-0.1, -0.05) is 6.07 Å². The molecule has 20 heavy (non-hydrogen) atoms. The van der Waals surface area contributed by atoms with Gasteiger partial charge in [-0.15, -0.1) is 0 Å².